The van der Waals surface area contributed by atoms with Crippen LogP contribution in [0.25, 0.3) is 4.96 Å². The lowest BCUT2D eigenvalue weighted by Crippen LogP contribution is -2.25. The van der Waals surface area contributed by atoms with Crippen LogP contribution in [-0.4, -0.2) is 15.4 Å². The van der Waals surface area contributed by atoms with Gasteiger partial charge in [0.25, 0.3) is 0 Å². The molecule has 1 atom stereocenters. The Bertz CT molecular complexity index is 660. The van der Waals surface area contributed by atoms with Crippen molar-refractivity contribution < 1.29 is 0 Å². The second kappa shape index (κ2) is 5.33. The fourth-order valence-corrected chi connectivity index (χ4v) is 3.11. The third-order valence-corrected chi connectivity index (χ3v) is 4.01. The van der Waals surface area contributed by atoms with Gasteiger partial charge < -0.3 is 5.73 Å². The second-order valence-electron chi connectivity index (χ2n) is 4.62. The Labute approximate surface area is 120 Å². The molecule has 3 nitrogen and oxygen atoms in total. The fraction of sp³-hybridized carbons (Fsp3) is 0.214. The van der Waals surface area contributed by atoms with Gasteiger partial charge >= 0.3 is 0 Å². The molecule has 0 fully saturated rings. The highest BCUT2D eigenvalue weighted by atomic mass is 35.5. The van der Waals surface area contributed by atoms with E-state index in [-0.39, 0.29) is 6.04 Å². The second-order valence-corrected chi connectivity index (χ2v) is 5.93. The van der Waals surface area contributed by atoms with Crippen LogP contribution in [0.5, 0.6) is 0 Å². The average molecular weight is 292 g/mol. The molecule has 2 heterocycles. The molecule has 0 aliphatic heterocycles. The first-order chi connectivity index (χ1) is 9.20. The fourth-order valence-electron chi connectivity index (χ4n) is 2.18. The van der Waals surface area contributed by atoms with Gasteiger partial charge in [-0.25, -0.2) is 4.98 Å². The summed E-state index contributed by atoms with van der Waals surface area (Å²) in [6.07, 6.45) is 5.65. The van der Waals surface area contributed by atoms with E-state index in [1.165, 1.54) is 5.56 Å². The van der Waals surface area contributed by atoms with Gasteiger partial charge in [0.1, 0.15) is 0 Å². The number of nitrogens with two attached hydrogens (primary N) is 1. The Kier molecular flexibility index (Phi) is 3.55. The third-order valence-electron chi connectivity index (χ3n) is 3.00. The lowest BCUT2D eigenvalue weighted by Gasteiger charge is -2.10. The predicted octanol–water partition coefficient (Wildman–Crippen LogP) is 3.16. The summed E-state index contributed by atoms with van der Waals surface area (Å²) in [6.45, 7) is 0. The number of rotatable bonds is 4. The molecule has 0 radical (unpaired) electrons. The minimum atomic E-state index is 0.0584. The first-order valence-electron chi connectivity index (χ1n) is 6.12. The van der Waals surface area contributed by atoms with E-state index in [0.717, 1.165) is 28.5 Å². The maximum atomic E-state index is 6.19. The van der Waals surface area contributed by atoms with Gasteiger partial charge in [-0.15, -0.1) is 11.3 Å². The standard InChI is InChI=1S/C14H14ClN3S/c15-11-3-1-2-10(6-11)7-12(16)8-13-9-18-4-5-19-14(18)17-13/h1-6,9,12H,7-8,16H2. The van der Waals surface area contributed by atoms with Crippen LogP contribution in [0, 0.1) is 0 Å². The molecule has 98 valence electrons. The van der Waals surface area contributed by atoms with Gasteiger partial charge in [-0.1, -0.05) is 23.7 Å². The average Bonchev–Trinajstić information content (AvgIpc) is 2.89. The monoisotopic (exact) mass is 291 g/mol. The predicted molar refractivity (Wildman–Crippen MR) is 79.9 cm³/mol. The lowest BCUT2D eigenvalue weighted by molar-refractivity contribution is 0.656. The van der Waals surface area contributed by atoms with Crippen molar-refractivity contribution in [1.82, 2.24) is 9.38 Å². The number of aromatic nitrogens is 2. The van der Waals surface area contributed by atoms with E-state index in [4.69, 9.17) is 17.3 Å². The number of fused-ring (bicyclic) bond motifs is 1. The van der Waals surface area contributed by atoms with Gasteiger partial charge in [0.05, 0.1) is 5.69 Å². The van der Waals surface area contributed by atoms with Crippen LogP contribution >= 0.6 is 22.9 Å². The number of nitrogens with zero attached hydrogens (tertiary/aromatic N) is 2. The summed E-state index contributed by atoms with van der Waals surface area (Å²) in [5, 5.41) is 2.78. The summed E-state index contributed by atoms with van der Waals surface area (Å²) in [7, 11) is 0. The van der Waals surface area contributed by atoms with Crippen molar-refractivity contribution in [1.29, 1.82) is 0 Å². The van der Waals surface area contributed by atoms with Gasteiger partial charge in [-0.2, -0.15) is 0 Å². The summed E-state index contributed by atoms with van der Waals surface area (Å²) in [4.78, 5) is 5.57. The number of benzene rings is 1. The molecular formula is C14H14ClN3S. The number of hydrogen-bond acceptors (Lipinski definition) is 3. The number of hydrogen-bond donors (Lipinski definition) is 1. The number of thiazole rings is 1. The molecule has 0 amide bonds. The van der Waals surface area contributed by atoms with Crippen molar-refractivity contribution in [3.63, 3.8) is 0 Å². The van der Waals surface area contributed by atoms with Crippen LogP contribution in [0.4, 0.5) is 0 Å². The molecule has 19 heavy (non-hydrogen) atoms. The maximum Gasteiger partial charge on any atom is 0.193 e. The van der Waals surface area contributed by atoms with E-state index in [0.29, 0.717) is 0 Å². The van der Waals surface area contributed by atoms with Gasteiger partial charge in [-0.3, -0.25) is 4.40 Å². The molecule has 3 rings (SSSR count). The molecule has 0 bridgehead atoms. The molecule has 2 aromatic heterocycles. The number of halogens is 1. The molecule has 0 saturated carbocycles. The normalized spacial score (nSPS) is 12.9. The molecule has 0 saturated heterocycles. The van der Waals surface area contributed by atoms with Crippen molar-refractivity contribution in [3.8, 4) is 0 Å². The van der Waals surface area contributed by atoms with Crippen molar-refractivity contribution >= 4 is 27.9 Å². The highest BCUT2D eigenvalue weighted by Gasteiger charge is 2.09. The Hall–Kier alpha value is -1.36. The van der Waals surface area contributed by atoms with Gasteiger partial charge in [-0.05, 0) is 24.1 Å². The molecule has 1 aromatic carbocycles. The summed E-state index contributed by atoms with van der Waals surface area (Å²) >= 11 is 7.61. The van der Waals surface area contributed by atoms with E-state index in [1.54, 1.807) is 11.3 Å². The number of imidazole rings is 1. The van der Waals surface area contributed by atoms with Crippen LogP contribution in [0.15, 0.2) is 42.0 Å². The largest absolute Gasteiger partial charge is 0.327 e. The van der Waals surface area contributed by atoms with Crippen LogP contribution in [0.2, 0.25) is 5.02 Å². The van der Waals surface area contributed by atoms with Crippen LogP contribution < -0.4 is 5.73 Å². The molecule has 0 aliphatic rings. The Balaban J connectivity index is 1.68. The maximum absolute atomic E-state index is 6.19. The van der Waals surface area contributed by atoms with E-state index in [1.807, 2.05) is 40.4 Å². The van der Waals surface area contributed by atoms with Crippen LogP contribution in [0.1, 0.15) is 11.3 Å². The highest BCUT2D eigenvalue weighted by Crippen LogP contribution is 2.15. The van der Waals surface area contributed by atoms with Gasteiger partial charge in [0.15, 0.2) is 4.96 Å². The summed E-state index contributed by atoms with van der Waals surface area (Å²) in [5.41, 5.74) is 8.40. The van der Waals surface area contributed by atoms with Crippen LogP contribution in [-0.2, 0) is 12.8 Å². The van der Waals surface area contributed by atoms with E-state index < -0.39 is 0 Å². The van der Waals surface area contributed by atoms with Gasteiger partial charge in [0, 0.05) is 35.3 Å². The third kappa shape index (κ3) is 2.97. The Morgan fingerprint density at radius 3 is 3.05 bits per heavy atom. The first kappa shape index (κ1) is 12.7. The smallest absolute Gasteiger partial charge is 0.193 e. The molecule has 1 unspecified atom stereocenters. The molecule has 0 spiro atoms. The SMILES string of the molecule is NC(Cc1cccc(Cl)c1)Cc1cn2ccsc2n1. The zero-order valence-electron chi connectivity index (χ0n) is 10.3. The van der Waals surface area contributed by atoms with Crippen molar-refractivity contribution in [2.75, 3.05) is 0 Å². The highest BCUT2D eigenvalue weighted by molar-refractivity contribution is 7.15. The molecule has 5 heteroatoms. The molecule has 3 aromatic rings. The van der Waals surface area contributed by atoms with Crippen molar-refractivity contribution in [2.45, 2.75) is 18.9 Å². The van der Waals surface area contributed by atoms with E-state index >= 15 is 0 Å². The Morgan fingerprint density at radius 2 is 2.26 bits per heavy atom. The first-order valence-corrected chi connectivity index (χ1v) is 7.37. The molecule has 0 aliphatic carbocycles. The van der Waals surface area contributed by atoms with Crippen LogP contribution in [0.3, 0.4) is 0 Å². The van der Waals surface area contributed by atoms with Gasteiger partial charge in [0.2, 0.25) is 0 Å². The van der Waals surface area contributed by atoms with Crippen molar-refractivity contribution in [2.24, 2.45) is 5.73 Å². The topological polar surface area (TPSA) is 43.3 Å². The van der Waals surface area contributed by atoms with E-state index in [2.05, 4.69) is 11.1 Å². The summed E-state index contributed by atoms with van der Waals surface area (Å²) in [6, 6.07) is 7.91. The quantitative estimate of drug-likeness (QED) is 0.802. The Morgan fingerprint density at radius 1 is 1.37 bits per heavy atom. The van der Waals surface area contributed by atoms with Crippen molar-refractivity contribution in [3.05, 3.63) is 58.3 Å². The zero-order chi connectivity index (χ0) is 13.2. The minimum Gasteiger partial charge on any atom is -0.327 e. The molecule has 2 N–H and O–H groups in total. The summed E-state index contributed by atoms with van der Waals surface area (Å²) < 4.78 is 2.03. The van der Waals surface area contributed by atoms with E-state index in [9.17, 15) is 0 Å². The molecular weight excluding hydrogens is 278 g/mol. The minimum absolute atomic E-state index is 0.0584. The summed E-state index contributed by atoms with van der Waals surface area (Å²) in [5.74, 6) is 0. The zero-order valence-corrected chi connectivity index (χ0v) is 11.9. The lowest BCUT2D eigenvalue weighted by atomic mass is 10.0.